The summed E-state index contributed by atoms with van der Waals surface area (Å²) in [5.41, 5.74) is -0.0768. The highest BCUT2D eigenvalue weighted by Crippen LogP contribution is 2.65. The van der Waals surface area contributed by atoms with Crippen LogP contribution in [0.25, 0.3) is 0 Å². The van der Waals surface area contributed by atoms with Gasteiger partial charge in [0.1, 0.15) is 5.78 Å². The lowest BCUT2D eigenvalue weighted by Crippen LogP contribution is -2.65. The van der Waals surface area contributed by atoms with E-state index in [9.17, 15) is 14.7 Å². The Morgan fingerprint density at radius 2 is 1.68 bits per heavy atom. The van der Waals surface area contributed by atoms with E-state index in [1.807, 2.05) is 0 Å². The summed E-state index contributed by atoms with van der Waals surface area (Å²) in [4.78, 5) is 26.1. The lowest BCUT2D eigenvalue weighted by molar-refractivity contribution is -0.199. The maximum atomic E-state index is 13.4. The van der Waals surface area contributed by atoms with Crippen LogP contribution in [0.3, 0.4) is 0 Å². The van der Waals surface area contributed by atoms with Crippen molar-refractivity contribution in [3.8, 4) is 0 Å². The maximum absolute atomic E-state index is 13.4. The Kier molecular flexibility index (Phi) is 10.7. The second-order valence-corrected chi connectivity index (χ2v) is 13.5. The van der Waals surface area contributed by atoms with Crippen LogP contribution in [0.5, 0.6) is 0 Å². The van der Waals surface area contributed by atoms with Crippen molar-refractivity contribution in [2.24, 2.45) is 29.1 Å². The molecule has 4 fully saturated rings. The van der Waals surface area contributed by atoms with Gasteiger partial charge in [-0.05, 0) is 62.7 Å². The van der Waals surface area contributed by atoms with Crippen LogP contribution in [-0.4, -0.2) is 47.7 Å². The molecule has 37 heavy (non-hydrogen) atoms. The van der Waals surface area contributed by atoms with Gasteiger partial charge in [0.2, 0.25) is 5.91 Å². The van der Waals surface area contributed by atoms with E-state index in [2.05, 4.69) is 46.9 Å². The summed E-state index contributed by atoms with van der Waals surface area (Å²) in [6.07, 6.45) is 10.7. The van der Waals surface area contributed by atoms with E-state index in [-0.39, 0.29) is 41.2 Å². The number of ketones is 1. The third kappa shape index (κ3) is 7.19. The van der Waals surface area contributed by atoms with Gasteiger partial charge < -0.3 is 19.7 Å². The van der Waals surface area contributed by atoms with Crippen LogP contribution in [0.2, 0.25) is 0 Å². The molecule has 2 N–H and O–H groups in total. The lowest BCUT2D eigenvalue weighted by Gasteiger charge is -2.64. The van der Waals surface area contributed by atoms with Crippen molar-refractivity contribution in [3.05, 3.63) is 0 Å². The number of unbranched alkanes of at least 4 members (excludes halogenated alkanes) is 6. The average molecular weight is 520 g/mol. The van der Waals surface area contributed by atoms with Gasteiger partial charge >= 0.3 is 7.12 Å². The predicted molar refractivity (Wildman–Crippen MR) is 149 cm³/mol. The molecule has 4 aliphatic rings. The minimum absolute atomic E-state index is 0.0527. The number of Topliss-reactive ketones (excluding diaryl/α,β-unsaturated/α-hetero) is 1. The Hall–Kier alpha value is -0.915. The lowest BCUT2D eigenvalue weighted by atomic mass is 9.43. The molecule has 1 saturated heterocycles. The molecule has 7 heteroatoms. The fourth-order valence-corrected chi connectivity index (χ4v) is 7.22. The first-order valence-corrected chi connectivity index (χ1v) is 15.2. The van der Waals surface area contributed by atoms with Gasteiger partial charge in [0.25, 0.3) is 0 Å². The first kappa shape index (κ1) is 30.6. The van der Waals surface area contributed by atoms with Gasteiger partial charge in [-0.15, -0.1) is 0 Å². The zero-order valence-electron chi connectivity index (χ0n) is 24.7. The largest absolute Gasteiger partial charge is 0.481 e. The van der Waals surface area contributed by atoms with Gasteiger partial charge in [0.15, 0.2) is 0 Å². The molecule has 0 aromatic rings. The predicted octanol–water partition coefficient (Wildman–Crippen LogP) is 5.88. The molecule has 0 aromatic heterocycles. The monoisotopic (exact) mass is 519 g/mol. The molecule has 0 unspecified atom stereocenters. The molecule has 0 aromatic carbocycles. The molecular formula is C30H54BNO5. The van der Waals surface area contributed by atoms with Crippen molar-refractivity contribution in [2.75, 3.05) is 0 Å². The molecule has 3 saturated carbocycles. The quantitative estimate of drug-likeness (QED) is 0.196. The number of aliphatic hydroxyl groups excluding tert-OH is 1. The van der Waals surface area contributed by atoms with Gasteiger partial charge in [0.05, 0.1) is 29.7 Å². The molecule has 6 nitrogen and oxygen atoms in total. The number of carbonyl (C=O) groups excluding carboxylic acids is 2. The Balaban J connectivity index is 1.55. The molecule has 0 radical (unpaired) electrons. The van der Waals surface area contributed by atoms with Crippen LogP contribution in [0, 0.1) is 29.1 Å². The van der Waals surface area contributed by atoms with E-state index >= 15 is 0 Å². The summed E-state index contributed by atoms with van der Waals surface area (Å²) in [6.45, 7) is 14.9. The zero-order chi connectivity index (χ0) is 27.4. The Morgan fingerprint density at radius 3 is 2.27 bits per heavy atom. The fraction of sp³-hybridized carbons (Fsp3) is 0.933. The number of carbonyl (C=O) groups is 2. The van der Waals surface area contributed by atoms with Gasteiger partial charge in [-0.3, -0.25) is 9.59 Å². The average Bonchev–Trinajstić information content (AvgIpc) is 3.18. The molecule has 212 valence electrons. The maximum Gasteiger partial charge on any atom is 0.481 e. The number of rotatable bonds is 16. The topological polar surface area (TPSA) is 84.9 Å². The molecule has 1 amide bonds. The molecule has 1 aliphatic heterocycles. The van der Waals surface area contributed by atoms with E-state index < -0.39 is 19.1 Å². The molecule has 0 spiro atoms. The van der Waals surface area contributed by atoms with Crippen molar-refractivity contribution in [1.29, 1.82) is 0 Å². The fourth-order valence-electron chi connectivity index (χ4n) is 7.22. The molecule has 2 bridgehead atoms. The molecule has 3 aliphatic carbocycles. The van der Waals surface area contributed by atoms with E-state index in [4.69, 9.17) is 9.31 Å². The number of nitrogens with one attached hydrogen (secondary N) is 1. The highest BCUT2D eigenvalue weighted by molar-refractivity contribution is 6.47. The smallest absolute Gasteiger partial charge is 0.404 e. The van der Waals surface area contributed by atoms with Crippen molar-refractivity contribution in [3.63, 3.8) is 0 Å². The molecule has 4 rings (SSSR count). The highest BCUT2D eigenvalue weighted by Gasteiger charge is 2.68. The Bertz CT molecular complexity index is 771. The molecular weight excluding hydrogens is 465 g/mol. The summed E-state index contributed by atoms with van der Waals surface area (Å²) < 4.78 is 13.1. The SMILES string of the molecule is CCCCCCCCCC(=O)C[C@H](C(=O)N[C@@H](CC(C)C)B1O[C@@H]2C[C@@H]3C[C@@H](C3(C)C)[C@]2(C)O1)[C@@H](C)O. The van der Waals surface area contributed by atoms with E-state index in [1.165, 1.54) is 32.1 Å². The summed E-state index contributed by atoms with van der Waals surface area (Å²) in [5.74, 6) is 0.181. The Labute approximate surface area is 226 Å². The standard InChI is InChI=1S/C30H54BNO5/c1-8-9-10-11-12-13-14-15-23(34)19-24(21(4)33)28(35)32-27(16-20(2)3)31-36-26-18-22-17-25(29(22,5)6)30(26,7)37-31/h20-22,24-27,33H,8-19H2,1-7H3,(H,32,35)/t21-,22+,24+,25+,26-,27+,30+/m1/s1. The summed E-state index contributed by atoms with van der Waals surface area (Å²) in [6, 6.07) is 0. The van der Waals surface area contributed by atoms with Crippen molar-refractivity contribution in [2.45, 2.75) is 149 Å². The van der Waals surface area contributed by atoms with E-state index in [0.29, 0.717) is 24.2 Å². The minimum atomic E-state index is -0.892. The second-order valence-electron chi connectivity index (χ2n) is 13.5. The van der Waals surface area contributed by atoms with Gasteiger partial charge in [-0.2, -0.15) is 0 Å². The zero-order valence-corrected chi connectivity index (χ0v) is 24.7. The van der Waals surface area contributed by atoms with E-state index in [1.54, 1.807) is 6.92 Å². The van der Waals surface area contributed by atoms with Crippen LogP contribution in [0.4, 0.5) is 0 Å². The minimum Gasteiger partial charge on any atom is -0.404 e. The van der Waals surface area contributed by atoms with Gasteiger partial charge in [-0.1, -0.05) is 73.1 Å². The third-order valence-electron chi connectivity index (χ3n) is 9.78. The third-order valence-corrected chi connectivity index (χ3v) is 9.78. The van der Waals surface area contributed by atoms with Crippen LogP contribution < -0.4 is 5.32 Å². The van der Waals surface area contributed by atoms with Crippen LogP contribution in [0.1, 0.15) is 126 Å². The summed E-state index contributed by atoms with van der Waals surface area (Å²) >= 11 is 0. The van der Waals surface area contributed by atoms with Crippen LogP contribution in [-0.2, 0) is 18.9 Å². The van der Waals surface area contributed by atoms with Crippen molar-refractivity contribution >= 4 is 18.8 Å². The first-order chi connectivity index (χ1) is 17.4. The summed E-state index contributed by atoms with van der Waals surface area (Å²) in [5, 5.41) is 13.6. The number of amides is 1. The number of hydrogen-bond acceptors (Lipinski definition) is 5. The van der Waals surface area contributed by atoms with Crippen molar-refractivity contribution in [1.82, 2.24) is 5.32 Å². The molecule has 7 atom stereocenters. The Morgan fingerprint density at radius 1 is 1.03 bits per heavy atom. The first-order valence-electron chi connectivity index (χ1n) is 15.2. The normalized spacial score (nSPS) is 30.4. The number of hydrogen-bond donors (Lipinski definition) is 2. The summed E-state index contributed by atoms with van der Waals surface area (Å²) in [7, 11) is -0.505. The van der Waals surface area contributed by atoms with Crippen LogP contribution >= 0.6 is 0 Å². The highest BCUT2D eigenvalue weighted by atomic mass is 16.7. The van der Waals surface area contributed by atoms with Crippen molar-refractivity contribution < 1.29 is 24.0 Å². The van der Waals surface area contributed by atoms with E-state index in [0.717, 1.165) is 32.1 Å². The van der Waals surface area contributed by atoms with Gasteiger partial charge in [-0.25, -0.2) is 0 Å². The van der Waals surface area contributed by atoms with Gasteiger partial charge in [0, 0.05) is 12.8 Å². The molecule has 1 heterocycles. The van der Waals surface area contributed by atoms with Crippen LogP contribution in [0.15, 0.2) is 0 Å². The number of aliphatic hydroxyl groups is 1. The second kappa shape index (κ2) is 13.0.